The fraction of sp³-hybridized carbons (Fsp3) is 0.0800. The van der Waals surface area contributed by atoms with Gasteiger partial charge in [0.1, 0.15) is 5.75 Å². The summed E-state index contributed by atoms with van der Waals surface area (Å²) in [6, 6.07) is 21.7. The molecule has 2 amide bonds. The monoisotopic (exact) mass is 509 g/mol. The molecule has 2 N–H and O–H groups in total. The number of nitrogens with one attached hydrogen (secondary N) is 2. The van der Waals surface area contributed by atoms with Gasteiger partial charge in [-0.3, -0.25) is 9.59 Å². The van der Waals surface area contributed by atoms with Gasteiger partial charge in [-0.25, -0.2) is 4.98 Å². The minimum Gasteiger partial charge on any atom is -0.497 e. The second kappa shape index (κ2) is 11.2. The van der Waals surface area contributed by atoms with Crippen LogP contribution in [0.3, 0.4) is 0 Å². The van der Waals surface area contributed by atoms with Gasteiger partial charge < -0.3 is 15.4 Å². The van der Waals surface area contributed by atoms with Gasteiger partial charge >= 0.3 is 0 Å². The Morgan fingerprint density at radius 3 is 2.68 bits per heavy atom. The summed E-state index contributed by atoms with van der Waals surface area (Å²) in [5.41, 5.74) is 2.80. The summed E-state index contributed by atoms with van der Waals surface area (Å²) in [6.45, 7) is 0. The van der Waals surface area contributed by atoms with E-state index in [0.29, 0.717) is 21.4 Å². The minimum atomic E-state index is -0.252. The number of anilines is 2. The fourth-order valence-corrected chi connectivity index (χ4v) is 4.73. The highest BCUT2D eigenvalue weighted by Gasteiger charge is 2.11. The first-order chi connectivity index (χ1) is 16.5. The third-order valence-electron chi connectivity index (χ3n) is 4.66. The second-order valence-corrected chi connectivity index (χ2v) is 9.44. The van der Waals surface area contributed by atoms with Crippen molar-refractivity contribution in [1.82, 2.24) is 4.98 Å². The van der Waals surface area contributed by atoms with Crippen molar-refractivity contribution in [1.29, 1.82) is 0 Å². The Kier molecular flexibility index (Phi) is 7.84. The van der Waals surface area contributed by atoms with Gasteiger partial charge in [0.15, 0.2) is 5.13 Å². The summed E-state index contributed by atoms with van der Waals surface area (Å²) in [4.78, 5) is 30.2. The number of aromatic nitrogens is 1. The molecule has 0 fully saturated rings. The topological polar surface area (TPSA) is 80.3 Å². The van der Waals surface area contributed by atoms with E-state index >= 15 is 0 Å². The van der Waals surface area contributed by atoms with E-state index in [0.717, 1.165) is 21.9 Å². The largest absolute Gasteiger partial charge is 0.497 e. The summed E-state index contributed by atoms with van der Waals surface area (Å²) in [7, 11) is 1.62. The lowest BCUT2D eigenvalue weighted by Crippen LogP contribution is -2.14. The highest BCUT2D eigenvalue weighted by atomic mass is 35.5. The van der Waals surface area contributed by atoms with Gasteiger partial charge in [0.05, 0.1) is 18.6 Å². The maximum Gasteiger partial charge on any atom is 0.255 e. The molecule has 0 unspecified atom stereocenters. The Bertz CT molecular complexity index is 1330. The van der Waals surface area contributed by atoms with Crippen LogP contribution in [0.1, 0.15) is 10.4 Å². The molecular formula is C25H20ClN3O3S2. The normalized spacial score (nSPS) is 10.5. The van der Waals surface area contributed by atoms with Crippen LogP contribution in [-0.2, 0) is 4.79 Å². The van der Waals surface area contributed by atoms with E-state index in [1.165, 1.54) is 23.1 Å². The third-order valence-corrected chi connectivity index (χ3v) is 6.65. The van der Waals surface area contributed by atoms with E-state index in [1.54, 1.807) is 37.4 Å². The number of carbonyl (C=O) groups is 2. The van der Waals surface area contributed by atoms with Crippen molar-refractivity contribution < 1.29 is 14.3 Å². The van der Waals surface area contributed by atoms with Crippen molar-refractivity contribution in [2.75, 3.05) is 23.5 Å². The number of methoxy groups -OCH3 is 1. The molecule has 6 nitrogen and oxygen atoms in total. The lowest BCUT2D eigenvalue weighted by atomic mass is 10.2. The number of benzene rings is 3. The summed E-state index contributed by atoms with van der Waals surface area (Å²) < 4.78 is 5.25. The van der Waals surface area contributed by atoms with Crippen LogP contribution in [0.5, 0.6) is 5.75 Å². The van der Waals surface area contributed by atoms with Crippen LogP contribution in [-0.4, -0.2) is 29.7 Å². The number of ether oxygens (including phenoxy) is 1. The molecule has 0 atom stereocenters. The van der Waals surface area contributed by atoms with Crippen LogP contribution in [0, 0.1) is 0 Å². The average molecular weight is 510 g/mol. The lowest BCUT2D eigenvalue weighted by molar-refractivity contribution is -0.113. The molecule has 0 radical (unpaired) electrons. The molecule has 0 spiro atoms. The van der Waals surface area contributed by atoms with Gasteiger partial charge in [-0.15, -0.1) is 23.1 Å². The van der Waals surface area contributed by atoms with Gasteiger partial charge in [-0.2, -0.15) is 0 Å². The summed E-state index contributed by atoms with van der Waals surface area (Å²) in [5, 5.41) is 8.61. The highest BCUT2D eigenvalue weighted by molar-refractivity contribution is 8.00. The van der Waals surface area contributed by atoms with E-state index in [2.05, 4.69) is 15.6 Å². The maximum atomic E-state index is 12.4. The fourth-order valence-electron chi connectivity index (χ4n) is 3.05. The molecule has 0 bridgehead atoms. The quantitative estimate of drug-likeness (QED) is 0.266. The van der Waals surface area contributed by atoms with Crippen molar-refractivity contribution in [3.05, 3.63) is 88.8 Å². The van der Waals surface area contributed by atoms with Crippen LogP contribution >= 0.6 is 34.7 Å². The first-order valence-corrected chi connectivity index (χ1v) is 12.4. The van der Waals surface area contributed by atoms with Gasteiger partial charge in [-0.05, 0) is 48.5 Å². The van der Waals surface area contributed by atoms with Crippen molar-refractivity contribution in [3.8, 4) is 17.0 Å². The highest BCUT2D eigenvalue weighted by Crippen LogP contribution is 2.28. The molecule has 3 aromatic carbocycles. The van der Waals surface area contributed by atoms with Crippen LogP contribution < -0.4 is 15.4 Å². The van der Waals surface area contributed by atoms with E-state index < -0.39 is 0 Å². The van der Waals surface area contributed by atoms with Crippen LogP contribution in [0.4, 0.5) is 10.8 Å². The summed E-state index contributed by atoms with van der Waals surface area (Å²) in [6.07, 6.45) is 0. The van der Waals surface area contributed by atoms with E-state index in [1.807, 2.05) is 47.8 Å². The number of amides is 2. The Morgan fingerprint density at radius 2 is 1.85 bits per heavy atom. The molecule has 0 aliphatic carbocycles. The number of hydrogen-bond donors (Lipinski definition) is 2. The van der Waals surface area contributed by atoms with Crippen molar-refractivity contribution in [3.63, 3.8) is 0 Å². The number of nitrogens with zero attached hydrogens (tertiary/aromatic N) is 1. The number of rotatable bonds is 8. The predicted octanol–water partition coefficient (Wildman–Crippen LogP) is 6.46. The zero-order valence-electron chi connectivity index (χ0n) is 18.1. The van der Waals surface area contributed by atoms with Crippen molar-refractivity contribution in [2.24, 2.45) is 0 Å². The second-order valence-electron chi connectivity index (χ2n) is 7.10. The number of hydrogen-bond acceptors (Lipinski definition) is 6. The lowest BCUT2D eigenvalue weighted by Gasteiger charge is -2.08. The predicted molar refractivity (Wildman–Crippen MR) is 139 cm³/mol. The van der Waals surface area contributed by atoms with Crippen molar-refractivity contribution >= 4 is 57.3 Å². The standard InChI is InChI=1S/C25H20ClN3O3S2/c1-32-20-9-3-5-16(12-20)22-14-34-25(28-22)29-23(30)15-33-21-10-4-8-19(13-21)27-24(31)17-6-2-7-18(26)11-17/h2-14H,15H2,1H3,(H,27,31)(H,28,29,30). The van der Waals surface area contributed by atoms with Gasteiger partial charge in [0.25, 0.3) is 5.91 Å². The van der Waals surface area contributed by atoms with Gasteiger partial charge in [0.2, 0.25) is 5.91 Å². The van der Waals surface area contributed by atoms with E-state index in [-0.39, 0.29) is 17.6 Å². The number of carbonyl (C=O) groups excluding carboxylic acids is 2. The zero-order chi connectivity index (χ0) is 23.9. The summed E-state index contributed by atoms with van der Waals surface area (Å²) in [5.74, 6) is 0.543. The molecule has 4 aromatic rings. The zero-order valence-corrected chi connectivity index (χ0v) is 20.5. The van der Waals surface area contributed by atoms with Crippen molar-refractivity contribution in [2.45, 2.75) is 4.90 Å². The first kappa shape index (κ1) is 23.8. The molecule has 0 aliphatic heterocycles. The van der Waals surface area contributed by atoms with Crippen LogP contribution in [0.15, 0.2) is 83.1 Å². The Morgan fingerprint density at radius 1 is 1.03 bits per heavy atom. The van der Waals surface area contributed by atoms with Gasteiger partial charge in [-0.1, -0.05) is 35.9 Å². The molecule has 1 aromatic heterocycles. The van der Waals surface area contributed by atoms with E-state index in [4.69, 9.17) is 16.3 Å². The molecule has 0 saturated heterocycles. The molecule has 34 heavy (non-hydrogen) atoms. The number of thioether (sulfide) groups is 1. The third kappa shape index (κ3) is 6.38. The SMILES string of the molecule is COc1cccc(-c2csc(NC(=O)CSc3cccc(NC(=O)c4cccc(Cl)c4)c3)n2)c1. The van der Waals surface area contributed by atoms with E-state index in [9.17, 15) is 9.59 Å². The van der Waals surface area contributed by atoms with Crippen LogP contribution in [0.2, 0.25) is 5.02 Å². The Balaban J connectivity index is 1.32. The molecular weight excluding hydrogens is 490 g/mol. The molecule has 4 rings (SSSR count). The smallest absolute Gasteiger partial charge is 0.255 e. The minimum absolute atomic E-state index is 0.162. The molecule has 0 aliphatic rings. The summed E-state index contributed by atoms with van der Waals surface area (Å²) >= 11 is 8.70. The van der Waals surface area contributed by atoms with Gasteiger partial charge in [0, 0.05) is 32.1 Å². The Labute approximate surface area is 210 Å². The molecule has 0 saturated carbocycles. The molecule has 1 heterocycles. The number of halogens is 1. The van der Waals surface area contributed by atoms with Crippen LogP contribution in [0.25, 0.3) is 11.3 Å². The maximum absolute atomic E-state index is 12.4. The number of thiazole rings is 1. The molecule has 172 valence electrons. The molecule has 9 heteroatoms. The Hall–Kier alpha value is -3.33. The first-order valence-electron chi connectivity index (χ1n) is 10.2. The average Bonchev–Trinajstić information content (AvgIpc) is 3.31.